The molecular weight excluding hydrogens is 273 g/mol. The van der Waals surface area contributed by atoms with Crippen LogP contribution in [0, 0.1) is 5.92 Å². The molecule has 18 heavy (non-hydrogen) atoms. The molecule has 0 saturated carbocycles. The SMILES string of the molecule is CC1CNc2c(Cl)ccc3oc(C(=O)Cl)c(c23)C1. The van der Waals surface area contributed by atoms with Gasteiger partial charge in [0, 0.05) is 17.5 Å². The number of anilines is 1. The van der Waals surface area contributed by atoms with Gasteiger partial charge in [-0.05, 0) is 36.1 Å². The first-order valence-electron chi connectivity index (χ1n) is 5.75. The van der Waals surface area contributed by atoms with E-state index in [0.717, 1.165) is 29.6 Å². The Balaban J connectivity index is 2.39. The Bertz CT molecular complexity index is 648. The van der Waals surface area contributed by atoms with E-state index in [-0.39, 0.29) is 5.76 Å². The highest BCUT2D eigenvalue weighted by Gasteiger charge is 2.26. The molecule has 1 N–H and O–H groups in total. The Labute approximate surface area is 114 Å². The van der Waals surface area contributed by atoms with Crippen LogP contribution >= 0.6 is 23.2 Å². The zero-order valence-electron chi connectivity index (χ0n) is 9.72. The summed E-state index contributed by atoms with van der Waals surface area (Å²) in [5, 5.41) is 4.27. The molecular formula is C13H11Cl2NO2. The number of nitrogens with one attached hydrogen (secondary N) is 1. The molecule has 2 aromatic rings. The van der Waals surface area contributed by atoms with Crippen LogP contribution in [0.3, 0.4) is 0 Å². The molecule has 0 fully saturated rings. The van der Waals surface area contributed by atoms with Gasteiger partial charge >= 0.3 is 0 Å². The number of hydrogen-bond acceptors (Lipinski definition) is 3. The van der Waals surface area contributed by atoms with Crippen LogP contribution in [-0.4, -0.2) is 11.8 Å². The van der Waals surface area contributed by atoms with Gasteiger partial charge in [-0.1, -0.05) is 18.5 Å². The maximum atomic E-state index is 11.5. The van der Waals surface area contributed by atoms with E-state index < -0.39 is 5.24 Å². The first-order chi connectivity index (χ1) is 8.58. The normalized spacial score (nSPS) is 18.5. The first-order valence-corrected chi connectivity index (χ1v) is 6.51. The number of furan rings is 1. The summed E-state index contributed by atoms with van der Waals surface area (Å²) < 4.78 is 5.55. The average Bonchev–Trinajstić information content (AvgIpc) is 2.57. The summed E-state index contributed by atoms with van der Waals surface area (Å²) in [6, 6.07) is 3.53. The van der Waals surface area contributed by atoms with Crippen LogP contribution in [0.1, 0.15) is 23.0 Å². The number of carbonyl (C=O) groups excluding carboxylic acids is 1. The van der Waals surface area contributed by atoms with Gasteiger partial charge in [-0.15, -0.1) is 0 Å². The number of benzene rings is 1. The van der Waals surface area contributed by atoms with Crippen LogP contribution in [0.2, 0.25) is 5.02 Å². The van der Waals surface area contributed by atoms with E-state index in [1.807, 2.05) is 0 Å². The first kappa shape index (κ1) is 11.9. The molecule has 1 atom stereocenters. The van der Waals surface area contributed by atoms with Crippen LogP contribution in [0.5, 0.6) is 0 Å². The molecule has 3 nitrogen and oxygen atoms in total. The van der Waals surface area contributed by atoms with Crippen molar-refractivity contribution in [3.05, 3.63) is 28.5 Å². The van der Waals surface area contributed by atoms with Gasteiger partial charge in [-0.3, -0.25) is 4.79 Å². The third kappa shape index (κ3) is 1.70. The highest BCUT2D eigenvalue weighted by Crippen LogP contribution is 2.40. The molecule has 1 unspecified atom stereocenters. The predicted octanol–water partition coefficient (Wildman–Crippen LogP) is 4.07. The molecule has 3 rings (SSSR count). The Morgan fingerprint density at radius 3 is 3.00 bits per heavy atom. The monoisotopic (exact) mass is 283 g/mol. The standard InChI is InChI=1S/C13H11Cl2NO2/c1-6-4-7-10-9(18-12(7)13(15)17)3-2-8(14)11(10)16-5-6/h2-3,6,16H,4-5H2,1H3. The zero-order valence-corrected chi connectivity index (χ0v) is 11.2. The van der Waals surface area contributed by atoms with Crippen LogP contribution in [0.4, 0.5) is 5.69 Å². The molecule has 1 aliphatic heterocycles. The highest BCUT2D eigenvalue weighted by atomic mass is 35.5. The highest BCUT2D eigenvalue weighted by molar-refractivity contribution is 6.67. The number of halogens is 2. The quantitative estimate of drug-likeness (QED) is 0.803. The van der Waals surface area contributed by atoms with Crippen molar-refractivity contribution in [2.75, 3.05) is 11.9 Å². The lowest BCUT2D eigenvalue weighted by molar-refractivity contribution is 0.105. The minimum atomic E-state index is -0.558. The largest absolute Gasteiger partial charge is 0.451 e. The lowest BCUT2D eigenvalue weighted by Crippen LogP contribution is -2.11. The van der Waals surface area contributed by atoms with E-state index in [2.05, 4.69) is 12.2 Å². The van der Waals surface area contributed by atoms with Crippen LogP contribution in [-0.2, 0) is 6.42 Å². The van der Waals surface area contributed by atoms with Crippen molar-refractivity contribution in [3.63, 3.8) is 0 Å². The molecule has 5 heteroatoms. The lowest BCUT2D eigenvalue weighted by Gasteiger charge is -2.09. The van der Waals surface area contributed by atoms with Gasteiger partial charge in [-0.25, -0.2) is 0 Å². The Morgan fingerprint density at radius 1 is 1.50 bits per heavy atom. The summed E-state index contributed by atoms with van der Waals surface area (Å²) in [6.07, 6.45) is 0.751. The van der Waals surface area contributed by atoms with Crippen molar-refractivity contribution < 1.29 is 9.21 Å². The second-order valence-electron chi connectivity index (χ2n) is 4.67. The summed E-state index contributed by atoms with van der Waals surface area (Å²) >= 11 is 11.8. The molecule has 0 spiro atoms. The summed E-state index contributed by atoms with van der Waals surface area (Å²) in [4.78, 5) is 11.5. The van der Waals surface area contributed by atoms with E-state index in [9.17, 15) is 4.79 Å². The van der Waals surface area contributed by atoms with Crippen molar-refractivity contribution >= 4 is 45.1 Å². The second kappa shape index (κ2) is 4.18. The predicted molar refractivity (Wildman–Crippen MR) is 72.8 cm³/mol. The van der Waals surface area contributed by atoms with Crippen molar-refractivity contribution in [3.8, 4) is 0 Å². The van der Waals surface area contributed by atoms with Crippen molar-refractivity contribution in [2.24, 2.45) is 5.92 Å². The summed E-state index contributed by atoms with van der Waals surface area (Å²) in [6.45, 7) is 2.91. The fourth-order valence-electron chi connectivity index (χ4n) is 2.45. The molecule has 1 aromatic heterocycles. The fourth-order valence-corrected chi connectivity index (χ4v) is 2.83. The minimum Gasteiger partial charge on any atom is -0.451 e. The van der Waals surface area contributed by atoms with E-state index >= 15 is 0 Å². The molecule has 1 aliphatic rings. The second-order valence-corrected chi connectivity index (χ2v) is 5.42. The van der Waals surface area contributed by atoms with Crippen LogP contribution in [0.15, 0.2) is 16.5 Å². The van der Waals surface area contributed by atoms with Gasteiger partial charge < -0.3 is 9.73 Å². The van der Waals surface area contributed by atoms with Gasteiger partial charge in [-0.2, -0.15) is 0 Å². The van der Waals surface area contributed by atoms with Gasteiger partial charge in [0.2, 0.25) is 0 Å². The Kier molecular flexibility index (Phi) is 2.76. The minimum absolute atomic E-state index is 0.241. The number of hydrogen-bond donors (Lipinski definition) is 1. The van der Waals surface area contributed by atoms with Gasteiger partial charge in [0.15, 0.2) is 5.76 Å². The molecule has 0 radical (unpaired) electrons. The lowest BCUT2D eigenvalue weighted by atomic mass is 10.00. The van der Waals surface area contributed by atoms with Crippen molar-refractivity contribution in [1.29, 1.82) is 0 Å². The molecule has 1 aromatic carbocycles. The summed E-state index contributed by atoms with van der Waals surface area (Å²) in [7, 11) is 0. The van der Waals surface area contributed by atoms with E-state index in [1.165, 1.54) is 0 Å². The van der Waals surface area contributed by atoms with Gasteiger partial charge in [0.25, 0.3) is 5.24 Å². The van der Waals surface area contributed by atoms with Gasteiger partial charge in [0.1, 0.15) is 5.58 Å². The van der Waals surface area contributed by atoms with Crippen LogP contribution in [0.25, 0.3) is 11.0 Å². The summed E-state index contributed by atoms with van der Waals surface area (Å²) in [5.74, 6) is 0.620. The zero-order chi connectivity index (χ0) is 12.9. The molecule has 0 amide bonds. The number of carbonyl (C=O) groups is 1. The number of rotatable bonds is 1. The van der Waals surface area contributed by atoms with Crippen molar-refractivity contribution in [2.45, 2.75) is 13.3 Å². The smallest absolute Gasteiger partial charge is 0.288 e. The molecule has 0 bridgehead atoms. The Morgan fingerprint density at radius 2 is 2.28 bits per heavy atom. The topological polar surface area (TPSA) is 42.2 Å². The van der Waals surface area contributed by atoms with E-state index in [0.29, 0.717) is 16.5 Å². The van der Waals surface area contributed by atoms with Crippen molar-refractivity contribution in [1.82, 2.24) is 0 Å². The fraction of sp³-hybridized carbons (Fsp3) is 0.308. The molecule has 2 heterocycles. The maximum absolute atomic E-state index is 11.5. The van der Waals surface area contributed by atoms with Crippen LogP contribution < -0.4 is 5.32 Å². The third-order valence-electron chi connectivity index (χ3n) is 3.26. The Hall–Kier alpha value is -1.19. The molecule has 94 valence electrons. The average molecular weight is 284 g/mol. The molecule has 0 saturated heterocycles. The summed E-state index contributed by atoms with van der Waals surface area (Å²) in [5.41, 5.74) is 2.34. The molecule has 0 aliphatic carbocycles. The maximum Gasteiger partial charge on any atom is 0.288 e. The van der Waals surface area contributed by atoms with E-state index in [4.69, 9.17) is 27.6 Å². The third-order valence-corrected chi connectivity index (χ3v) is 3.75. The van der Waals surface area contributed by atoms with Gasteiger partial charge in [0.05, 0.1) is 10.7 Å². The van der Waals surface area contributed by atoms with E-state index in [1.54, 1.807) is 12.1 Å².